The SMILES string of the molecule is Cc1noc(C)c1C(=O)N1CCCCC1C1CCCN1. The highest BCUT2D eigenvalue weighted by Gasteiger charge is 2.36. The largest absolute Gasteiger partial charge is 0.361 e. The molecule has 1 aromatic heterocycles. The van der Waals surface area contributed by atoms with Crippen LogP contribution in [0.25, 0.3) is 0 Å². The van der Waals surface area contributed by atoms with Gasteiger partial charge in [-0.2, -0.15) is 0 Å². The number of rotatable bonds is 2. The summed E-state index contributed by atoms with van der Waals surface area (Å²) in [4.78, 5) is 14.9. The fourth-order valence-electron chi connectivity index (χ4n) is 3.60. The summed E-state index contributed by atoms with van der Waals surface area (Å²) in [5.74, 6) is 0.732. The number of carbonyl (C=O) groups excluding carboxylic acids is 1. The molecule has 20 heavy (non-hydrogen) atoms. The van der Waals surface area contributed by atoms with E-state index in [4.69, 9.17) is 4.52 Å². The second-order valence-corrected chi connectivity index (χ2v) is 5.96. The van der Waals surface area contributed by atoms with E-state index >= 15 is 0 Å². The molecule has 0 bridgehead atoms. The smallest absolute Gasteiger partial charge is 0.259 e. The molecule has 5 nitrogen and oxygen atoms in total. The maximum Gasteiger partial charge on any atom is 0.259 e. The monoisotopic (exact) mass is 277 g/mol. The molecule has 0 spiro atoms. The van der Waals surface area contributed by atoms with Crippen LogP contribution in [0.4, 0.5) is 0 Å². The quantitative estimate of drug-likeness (QED) is 0.898. The molecule has 1 N–H and O–H groups in total. The molecular weight excluding hydrogens is 254 g/mol. The first-order valence-corrected chi connectivity index (χ1v) is 7.65. The number of hydrogen-bond acceptors (Lipinski definition) is 4. The van der Waals surface area contributed by atoms with Crippen molar-refractivity contribution in [3.63, 3.8) is 0 Å². The molecule has 5 heteroatoms. The summed E-state index contributed by atoms with van der Waals surface area (Å²) in [6.45, 7) is 5.59. The molecule has 2 saturated heterocycles. The number of aryl methyl sites for hydroxylation is 2. The lowest BCUT2D eigenvalue weighted by molar-refractivity contribution is 0.0561. The number of amides is 1. The zero-order chi connectivity index (χ0) is 14.1. The van der Waals surface area contributed by atoms with Crippen LogP contribution in [0.3, 0.4) is 0 Å². The van der Waals surface area contributed by atoms with Crippen molar-refractivity contribution in [3.8, 4) is 0 Å². The van der Waals surface area contributed by atoms with Crippen molar-refractivity contribution in [3.05, 3.63) is 17.0 Å². The van der Waals surface area contributed by atoms with Gasteiger partial charge in [-0.25, -0.2) is 0 Å². The van der Waals surface area contributed by atoms with Crippen LogP contribution in [0.2, 0.25) is 0 Å². The zero-order valence-electron chi connectivity index (χ0n) is 12.3. The molecule has 0 aliphatic carbocycles. The van der Waals surface area contributed by atoms with Gasteiger partial charge in [-0.15, -0.1) is 0 Å². The lowest BCUT2D eigenvalue weighted by Gasteiger charge is -2.39. The van der Waals surface area contributed by atoms with E-state index in [1.807, 2.05) is 13.8 Å². The molecule has 2 unspecified atom stereocenters. The normalized spacial score (nSPS) is 27.0. The number of nitrogens with one attached hydrogen (secondary N) is 1. The minimum atomic E-state index is 0.0969. The molecule has 1 amide bonds. The van der Waals surface area contributed by atoms with Gasteiger partial charge in [-0.05, 0) is 52.5 Å². The van der Waals surface area contributed by atoms with E-state index < -0.39 is 0 Å². The van der Waals surface area contributed by atoms with Crippen LogP contribution >= 0.6 is 0 Å². The van der Waals surface area contributed by atoms with Gasteiger partial charge in [0.2, 0.25) is 0 Å². The highest BCUT2D eigenvalue weighted by atomic mass is 16.5. The van der Waals surface area contributed by atoms with Crippen LogP contribution < -0.4 is 5.32 Å². The summed E-state index contributed by atoms with van der Waals surface area (Å²) in [5.41, 5.74) is 1.37. The van der Waals surface area contributed by atoms with Crippen LogP contribution in [-0.2, 0) is 0 Å². The van der Waals surface area contributed by atoms with Crippen molar-refractivity contribution >= 4 is 5.91 Å². The topological polar surface area (TPSA) is 58.4 Å². The van der Waals surface area contributed by atoms with Crippen molar-refractivity contribution in [2.75, 3.05) is 13.1 Å². The van der Waals surface area contributed by atoms with Gasteiger partial charge in [-0.1, -0.05) is 5.16 Å². The molecule has 3 rings (SSSR count). The number of likely N-dealkylation sites (tertiary alicyclic amines) is 1. The third kappa shape index (κ3) is 2.35. The van der Waals surface area contributed by atoms with E-state index in [1.165, 1.54) is 19.3 Å². The lowest BCUT2D eigenvalue weighted by Crippen LogP contribution is -2.52. The molecule has 110 valence electrons. The van der Waals surface area contributed by atoms with E-state index in [0.717, 1.165) is 25.9 Å². The summed E-state index contributed by atoms with van der Waals surface area (Å²) in [5, 5.41) is 7.47. The maximum absolute atomic E-state index is 12.9. The molecule has 2 aliphatic rings. The third-order valence-corrected chi connectivity index (χ3v) is 4.62. The Balaban J connectivity index is 1.84. The van der Waals surface area contributed by atoms with E-state index in [2.05, 4.69) is 15.4 Å². The van der Waals surface area contributed by atoms with E-state index in [-0.39, 0.29) is 5.91 Å². The highest BCUT2D eigenvalue weighted by Crippen LogP contribution is 2.27. The first kappa shape index (κ1) is 13.6. The van der Waals surface area contributed by atoms with E-state index in [9.17, 15) is 4.79 Å². The minimum Gasteiger partial charge on any atom is -0.361 e. The number of hydrogen-bond donors (Lipinski definition) is 1. The molecule has 0 radical (unpaired) electrons. The molecule has 0 aromatic carbocycles. The number of carbonyl (C=O) groups is 1. The summed E-state index contributed by atoms with van der Waals surface area (Å²) >= 11 is 0. The van der Waals surface area contributed by atoms with Crippen molar-refractivity contribution in [2.45, 2.75) is 58.0 Å². The minimum absolute atomic E-state index is 0.0969. The molecule has 2 fully saturated rings. The van der Waals surface area contributed by atoms with Crippen molar-refractivity contribution in [1.82, 2.24) is 15.4 Å². The van der Waals surface area contributed by atoms with Crippen LogP contribution in [0.5, 0.6) is 0 Å². The summed E-state index contributed by atoms with van der Waals surface area (Å²) < 4.78 is 5.15. The molecule has 3 heterocycles. The molecule has 2 atom stereocenters. The Morgan fingerprint density at radius 1 is 1.30 bits per heavy atom. The summed E-state index contributed by atoms with van der Waals surface area (Å²) in [6, 6.07) is 0.784. The van der Waals surface area contributed by atoms with Gasteiger partial charge in [0, 0.05) is 18.6 Å². The van der Waals surface area contributed by atoms with Crippen LogP contribution in [-0.4, -0.2) is 41.1 Å². The molecule has 1 aromatic rings. The van der Waals surface area contributed by atoms with Gasteiger partial charge < -0.3 is 14.7 Å². The van der Waals surface area contributed by atoms with E-state index in [1.54, 1.807) is 0 Å². The van der Waals surface area contributed by atoms with Crippen molar-refractivity contribution in [2.24, 2.45) is 0 Å². The molecule has 2 aliphatic heterocycles. The van der Waals surface area contributed by atoms with Gasteiger partial charge in [0.1, 0.15) is 11.3 Å². The Bertz CT molecular complexity index is 472. The van der Waals surface area contributed by atoms with Crippen molar-refractivity contribution in [1.29, 1.82) is 0 Å². The second-order valence-electron chi connectivity index (χ2n) is 5.96. The highest BCUT2D eigenvalue weighted by molar-refractivity contribution is 5.96. The number of aromatic nitrogens is 1. The summed E-state index contributed by atoms with van der Waals surface area (Å²) in [7, 11) is 0. The zero-order valence-corrected chi connectivity index (χ0v) is 12.3. The average Bonchev–Trinajstić information content (AvgIpc) is 3.09. The van der Waals surface area contributed by atoms with E-state index in [0.29, 0.717) is 29.1 Å². The first-order chi connectivity index (χ1) is 9.68. The van der Waals surface area contributed by atoms with Gasteiger partial charge in [0.05, 0.1) is 5.69 Å². The maximum atomic E-state index is 12.9. The molecule has 0 saturated carbocycles. The predicted octanol–water partition coefficient (Wildman–Crippen LogP) is 2.04. The fourth-order valence-corrected chi connectivity index (χ4v) is 3.60. The van der Waals surface area contributed by atoms with Crippen LogP contribution in [0.1, 0.15) is 53.9 Å². The van der Waals surface area contributed by atoms with Gasteiger partial charge in [0.15, 0.2) is 0 Å². The Labute approximate surface area is 119 Å². The first-order valence-electron chi connectivity index (χ1n) is 7.65. The Morgan fingerprint density at radius 3 is 2.80 bits per heavy atom. The number of piperidine rings is 1. The van der Waals surface area contributed by atoms with Crippen molar-refractivity contribution < 1.29 is 9.32 Å². The average molecular weight is 277 g/mol. The Kier molecular flexibility index (Phi) is 3.78. The third-order valence-electron chi connectivity index (χ3n) is 4.62. The Morgan fingerprint density at radius 2 is 2.15 bits per heavy atom. The second kappa shape index (κ2) is 5.56. The van der Waals surface area contributed by atoms with Crippen LogP contribution in [0, 0.1) is 13.8 Å². The molecular formula is C15H23N3O2. The fraction of sp³-hybridized carbons (Fsp3) is 0.733. The van der Waals surface area contributed by atoms with Crippen LogP contribution in [0.15, 0.2) is 4.52 Å². The standard InChI is InChI=1S/C15H23N3O2/c1-10-14(11(2)20-17-10)15(19)18-9-4-3-7-13(18)12-6-5-8-16-12/h12-13,16H,3-9H2,1-2H3. The van der Waals surface area contributed by atoms with Gasteiger partial charge >= 0.3 is 0 Å². The van der Waals surface area contributed by atoms with Gasteiger partial charge in [-0.3, -0.25) is 4.79 Å². The Hall–Kier alpha value is -1.36. The van der Waals surface area contributed by atoms with Gasteiger partial charge in [0.25, 0.3) is 5.91 Å². The predicted molar refractivity (Wildman–Crippen MR) is 75.7 cm³/mol. The number of nitrogens with zero attached hydrogens (tertiary/aromatic N) is 2. The lowest BCUT2D eigenvalue weighted by atomic mass is 9.93. The summed E-state index contributed by atoms with van der Waals surface area (Å²) in [6.07, 6.45) is 5.81.